The number of hydrogen-bond acceptors (Lipinski definition) is 7. The monoisotopic (exact) mass is 1190 g/mol. The fraction of sp³-hybridized carbons (Fsp3) is 0.776. The molecule has 0 saturated carbocycles. The number of nitrogens with zero attached hydrogens (tertiary/aromatic N) is 1. The van der Waals surface area contributed by atoms with Gasteiger partial charge in [0, 0.05) is 12.8 Å². The number of ether oxygens (including phenoxy) is 4. The molecule has 0 fully saturated rings. The molecule has 9 heteroatoms. The van der Waals surface area contributed by atoms with Crippen molar-refractivity contribution >= 4 is 17.9 Å². The quantitative estimate of drug-likeness (QED) is 0.0211. The number of unbranched alkanes of at least 4 members (excludes halogenated alkanes) is 37. The van der Waals surface area contributed by atoms with E-state index >= 15 is 0 Å². The molecule has 0 aliphatic rings. The Hall–Kier alpha value is -3.53. The second-order valence-electron chi connectivity index (χ2n) is 25.2. The molecular formula is C76H136NO8+. The number of carbonyl (C=O) groups is 3. The summed E-state index contributed by atoms with van der Waals surface area (Å²) in [5.41, 5.74) is 0. The van der Waals surface area contributed by atoms with E-state index < -0.39 is 24.3 Å². The highest BCUT2D eigenvalue weighted by atomic mass is 16.7. The average molecular weight is 1190 g/mol. The van der Waals surface area contributed by atoms with Gasteiger partial charge in [-0.15, -0.1) is 0 Å². The summed E-state index contributed by atoms with van der Waals surface area (Å²) in [5.74, 6) is -2.04. The zero-order valence-electron chi connectivity index (χ0n) is 56.3. The van der Waals surface area contributed by atoms with Gasteiger partial charge in [0.2, 0.25) is 0 Å². The Labute approximate surface area is 525 Å². The summed E-state index contributed by atoms with van der Waals surface area (Å²) in [6, 6.07) is 0. The molecule has 0 amide bonds. The predicted molar refractivity (Wildman–Crippen MR) is 364 cm³/mol. The number of carboxylic acid groups (broad SMARTS) is 1. The van der Waals surface area contributed by atoms with E-state index in [0.29, 0.717) is 23.9 Å². The van der Waals surface area contributed by atoms with Gasteiger partial charge in [0.15, 0.2) is 6.10 Å². The molecule has 0 aromatic rings. The van der Waals surface area contributed by atoms with E-state index in [4.69, 9.17) is 18.9 Å². The Balaban J connectivity index is 3.96. The van der Waals surface area contributed by atoms with Gasteiger partial charge in [-0.2, -0.15) is 0 Å². The van der Waals surface area contributed by atoms with Crippen molar-refractivity contribution in [1.82, 2.24) is 0 Å². The number of aliphatic carboxylic acids is 1. The molecule has 9 nitrogen and oxygen atoms in total. The molecule has 492 valence electrons. The van der Waals surface area contributed by atoms with Crippen molar-refractivity contribution in [3.8, 4) is 0 Å². The first kappa shape index (κ1) is 81.5. The van der Waals surface area contributed by atoms with Gasteiger partial charge in [0.1, 0.15) is 13.2 Å². The number of carbonyl (C=O) groups excluding carboxylic acids is 2. The normalized spacial score (nSPS) is 13.2. The third kappa shape index (κ3) is 67.8. The van der Waals surface area contributed by atoms with Gasteiger partial charge in [-0.05, 0) is 89.9 Å². The van der Waals surface area contributed by atoms with Crippen LogP contribution in [-0.4, -0.2) is 87.4 Å². The number of likely N-dealkylation sites (N-methyl/N-ethyl adjacent to an activating group) is 1. The van der Waals surface area contributed by atoms with Crippen LogP contribution in [0, 0.1) is 0 Å². The molecule has 0 aromatic carbocycles. The standard InChI is InChI=1S/C76H135NO8/c1-6-8-10-12-14-16-18-20-22-24-26-27-28-29-30-31-32-33-34-35-36-37-38-39-40-41-42-43-44-45-46-47-49-50-52-54-56-58-60-62-64-66-73(78)83-70-72(71-84-76(75(80)81)82-69-68-77(3,4)5)85-74(79)67-65-63-61-59-57-55-53-51-48-25-23-21-19-17-15-13-11-9-7-2/h9,11,15,17-18,20-21,23-24,26,48,51,55,57,72,76H,6-8,10,12-14,16,19,22,25,27-47,49-50,52-54,56,58-71H2,1-5H3/p+1/b11-9-,17-15-,20-18-,23-21-,26-24-,51-48-,57-55-. The molecule has 2 atom stereocenters. The van der Waals surface area contributed by atoms with Crippen molar-refractivity contribution in [2.24, 2.45) is 0 Å². The minimum Gasteiger partial charge on any atom is -0.477 e. The van der Waals surface area contributed by atoms with E-state index in [1.165, 1.54) is 212 Å². The Kier molecular flexibility index (Phi) is 63.7. The molecule has 0 aromatic heterocycles. The van der Waals surface area contributed by atoms with Crippen LogP contribution in [0.5, 0.6) is 0 Å². The largest absolute Gasteiger partial charge is 0.477 e. The molecule has 0 bridgehead atoms. The molecular weight excluding hydrogens is 1050 g/mol. The van der Waals surface area contributed by atoms with Crippen molar-refractivity contribution in [1.29, 1.82) is 0 Å². The first-order valence-corrected chi connectivity index (χ1v) is 35.8. The summed E-state index contributed by atoms with van der Waals surface area (Å²) in [4.78, 5) is 37.5. The zero-order valence-corrected chi connectivity index (χ0v) is 56.3. The van der Waals surface area contributed by atoms with Crippen LogP contribution in [0.1, 0.15) is 322 Å². The van der Waals surface area contributed by atoms with Gasteiger partial charge < -0.3 is 28.5 Å². The van der Waals surface area contributed by atoms with Crippen LogP contribution in [0.4, 0.5) is 0 Å². The molecule has 0 aliphatic carbocycles. The van der Waals surface area contributed by atoms with Crippen LogP contribution >= 0.6 is 0 Å². The van der Waals surface area contributed by atoms with Gasteiger partial charge in [-0.3, -0.25) is 9.59 Å². The van der Waals surface area contributed by atoms with Crippen LogP contribution in [-0.2, 0) is 33.3 Å². The van der Waals surface area contributed by atoms with Crippen molar-refractivity contribution in [3.63, 3.8) is 0 Å². The highest BCUT2D eigenvalue weighted by Crippen LogP contribution is 2.18. The molecule has 0 heterocycles. The Morgan fingerprint density at radius 3 is 1.01 bits per heavy atom. The van der Waals surface area contributed by atoms with Crippen molar-refractivity contribution < 1.29 is 42.9 Å². The number of hydrogen-bond donors (Lipinski definition) is 1. The van der Waals surface area contributed by atoms with Crippen LogP contribution in [0.2, 0.25) is 0 Å². The van der Waals surface area contributed by atoms with Crippen LogP contribution in [0.3, 0.4) is 0 Å². The fourth-order valence-corrected chi connectivity index (χ4v) is 10.2. The first-order valence-electron chi connectivity index (χ1n) is 35.8. The topological polar surface area (TPSA) is 108 Å². The minimum absolute atomic E-state index is 0.179. The van der Waals surface area contributed by atoms with E-state index in [0.717, 1.165) is 77.0 Å². The lowest BCUT2D eigenvalue weighted by molar-refractivity contribution is -0.870. The Morgan fingerprint density at radius 1 is 0.365 bits per heavy atom. The molecule has 1 N–H and O–H groups in total. The van der Waals surface area contributed by atoms with Gasteiger partial charge in [0.05, 0.1) is 34.4 Å². The van der Waals surface area contributed by atoms with Gasteiger partial charge in [-0.25, -0.2) is 4.79 Å². The third-order valence-electron chi connectivity index (χ3n) is 15.6. The second kappa shape index (κ2) is 66.4. The van der Waals surface area contributed by atoms with Crippen molar-refractivity contribution in [2.75, 3.05) is 47.5 Å². The van der Waals surface area contributed by atoms with Crippen LogP contribution < -0.4 is 0 Å². The third-order valence-corrected chi connectivity index (χ3v) is 15.6. The average Bonchev–Trinajstić information content (AvgIpc) is 3.48. The van der Waals surface area contributed by atoms with Gasteiger partial charge in [0.25, 0.3) is 6.29 Å². The highest BCUT2D eigenvalue weighted by Gasteiger charge is 2.25. The molecule has 85 heavy (non-hydrogen) atoms. The van der Waals surface area contributed by atoms with E-state index in [-0.39, 0.29) is 32.2 Å². The van der Waals surface area contributed by atoms with E-state index in [1.54, 1.807) is 0 Å². The molecule has 0 aliphatic heterocycles. The summed E-state index contributed by atoms with van der Waals surface area (Å²) in [6.45, 7) is 4.74. The van der Waals surface area contributed by atoms with E-state index in [9.17, 15) is 19.5 Å². The minimum atomic E-state index is -1.52. The van der Waals surface area contributed by atoms with Crippen molar-refractivity contribution in [2.45, 2.75) is 334 Å². The number of quaternary nitrogens is 1. The number of allylic oxidation sites excluding steroid dienone is 14. The van der Waals surface area contributed by atoms with Crippen LogP contribution in [0.15, 0.2) is 85.1 Å². The summed E-state index contributed by atoms with van der Waals surface area (Å²) in [5, 5.41) is 9.73. The maximum absolute atomic E-state index is 12.9. The SMILES string of the molecule is CC/C=C\C/C=C\C/C=C\C/C=C\C/C=C\CCCCCC(=O)OC(COC(=O)CCCCCCCCCCCCCCCCCCCCCCCCCCCCCCC/C=C\C/C=C\CCCCCCC)COC(OCC[N+](C)(C)C)C(=O)O. The molecule has 0 spiro atoms. The first-order chi connectivity index (χ1) is 41.6. The molecule has 0 radical (unpaired) electrons. The van der Waals surface area contributed by atoms with Crippen LogP contribution in [0.25, 0.3) is 0 Å². The summed E-state index contributed by atoms with van der Waals surface area (Å²) in [7, 11) is 5.96. The number of esters is 2. The van der Waals surface area contributed by atoms with Gasteiger partial charge in [-0.1, -0.05) is 304 Å². The summed E-state index contributed by atoms with van der Waals surface area (Å²) < 4.78 is 22.9. The molecule has 0 saturated heterocycles. The lowest BCUT2D eigenvalue weighted by Crippen LogP contribution is -2.40. The number of carboxylic acids is 1. The zero-order chi connectivity index (χ0) is 61.9. The lowest BCUT2D eigenvalue weighted by atomic mass is 10.0. The van der Waals surface area contributed by atoms with Crippen molar-refractivity contribution in [3.05, 3.63) is 85.1 Å². The second-order valence-corrected chi connectivity index (χ2v) is 25.2. The maximum Gasteiger partial charge on any atom is 0.361 e. The summed E-state index contributed by atoms with van der Waals surface area (Å²) >= 11 is 0. The predicted octanol–water partition coefficient (Wildman–Crippen LogP) is 22.2. The maximum atomic E-state index is 12.9. The molecule has 0 rings (SSSR count). The fourth-order valence-electron chi connectivity index (χ4n) is 10.2. The Morgan fingerprint density at radius 2 is 0.671 bits per heavy atom. The van der Waals surface area contributed by atoms with E-state index in [1.807, 2.05) is 21.1 Å². The van der Waals surface area contributed by atoms with E-state index in [2.05, 4.69) is 98.9 Å². The Bertz CT molecular complexity index is 1670. The number of rotatable bonds is 66. The summed E-state index contributed by atoms with van der Waals surface area (Å²) in [6.07, 6.45) is 87.3. The molecule has 2 unspecified atom stereocenters. The smallest absolute Gasteiger partial charge is 0.361 e. The highest BCUT2D eigenvalue weighted by molar-refractivity contribution is 5.71. The van der Waals surface area contributed by atoms with Gasteiger partial charge >= 0.3 is 17.9 Å². The lowest BCUT2D eigenvalue weighted by Gasteiger charge is -2.25.